The predicted molar refractivity (Wildman–Crippen MR) is 48.9 cm³/mol. The molecule has 0 amide bonds. The van der Waals surface area contributed by atoms with Crippen LogP contribution in [0.3, 0.4) is 0 Å². The van der Waals surface area contributed by atoms with Crippen molar-refractivity contribution >= 4 is 0 Å². The third-order valence-electron chi connectivity index (χ3n) is 2.33. The number of nitrogens with zero attached hydrogens (tertiary/aromatic N) is 1. The maximum atomic E-state index is 13.3. The second kappa shape index (κ2) is 3.42. The van der Waals surface area contributed by atoms with Gasteiger partial charge in [-0.1, -0.05) is 0 Å². The summed E-state index contributed by atoms with van der Waals surface area (Å²) in [5, 5.41) is 2.89. The minimum absolute atomic E-state index is 0.182. The van der Waals surface area contributed by atoms with E-state index in [9.17, 15) is 4.39 Å². The van der Waals surface area contributed by atoms with Crippen LogP contribution in [0.1, 0.15) is 30.0 Å². The first-order chi connectivity index (χ1) is 6.31. The fraction of sp³-hybridized carbons (Fsp3) is 0.500. The van der Waals surface area contributed by atoms with Crippen molar-refractivity contribution in [3.05, 3.63) is 29.3 Å². The zero-order chi connectivity index (χ0) is 9.26. The fourth-order valence-electron chi connectivity index (χ4n) is 1.42. The van der Waals surface area contributed by atoms with E-state index in [1.54, 1.807) is 19.3 Å². The maximum absolute atomic E-state index is 13.3. The van der Waals surface area contributed by atoms with E-state index >= 15 is 0 Å². The Kier molecular flexibility index (Phi) is 2.27. The third-order valence-corrected chi connectivity index (χ3v) is 2.33. The second-order valence-corrected chi connectivity index (χ2v) is 3.50. The molecule has 0 unspecified atom stereocenters. The van der Waals surface area contributed by atoms with Crippen LogP contribution in [0.4, 0.5) is 4.39 Å². The van der Waals surface area contributed by atoms with E-state index in [1.807, 2.05) is 0 Å². The highest BCUT2D eigenvalue weighted by Gasteiger charge is 2.24. The molecule has 1 aliphatic carbocycles. The molecule has 1 fully saturated rings. The molecule has 1 aromatic rings. The summed E-state index contributed by atoms with van der Waals surface area (Å²) in [5.74, 6) is 0.393. The summed E-state index contributed by atoms with van der Waals surface area (Å²) in [6.45, 7) is 0.497. The van der Waals surface area contributed by atoms with Crippen molar-refractivity contribution in [3.63, 3.8) is 0 Å². The molecule has 0 saturated heterocycles. The Morgan fingerprint density at radius 1 is 1.62 bits per heavy atom. The number of hydrogen-bond acceptors (Lipinski definition) is 2. The van der Waals surface area contributed by atoms with Crippen LogP contribution >= 0.6 is 0 Å². The van der Waals surface area contributed by atoms with Gasteiger partial charge in [0.1, 0.15) is 5.82 Å². The Morgan fingerprint density at radius 3 is 2.92 bits per heavy atom. The van der Waals surface area contributed by atoms with E-state index in [1.165, 1.54) is 12.8 Å². The minimum atomic E-state index is -0.182. The van der Waals surface area contributed by atoms with Gasteiger partial charge in [0.15, 0.2) is 0 Å². The van der Waals surface area contributed by atoms with Crippen molar-refractivity contribution in [2.75, 3.05) is 7.05 Å². The Bertz CT molecular complexity index is 308. The van der Waals surface area contributed by atoms with Gasteiger partial charge in [-0.3, -0.25) is 4.98 Å². The molecule has 0 radical (unpaired) electrons. The Balaban J connectivity index is 2.21. The summed E-state index contributed by atoms with van der Waals surface area (Å²) < 4.78 is 13.3. The molecule has 1 heterocycles. The second-order valence-electron chi connectivity index (χ2n) is 3.50. The molecule has 70 valence electrons. The average molecular weight is 180 g/mol. The number of pyridine rings is 1. The molecule has 13 heavy (non-hydrogen) atoms. The SMILES string of the molecule is CNCc1ncc(C2CC2)cc1F. The van der Waals surface area contributed by atoms with E-state index in [2.05, 4.69) is 10.3 Å². The van der Waals surface area contributed by atoms with Crippen LogP contribution in [0.2, 0.25) is 0 Å². The molecular weight excluding hydrogens is 167 g/mol. The topological polar surface area (TPSA) is 24.9 Å². The predicted octanol–water partition coefficient (Wildman–Crippen LogP) is 1.82. The van der Waals surface area contributed by atoms with Crippen molar-refractivity contribution in [2.24, 2.45) is 0 Å². The molecule has 2 nitrogen and oxygen atoms in total. The molecule has 0 aromatic carbocycles. The zero-order valence-corrected chi connectivity index (χ0v) is 7.68. The Morgan fingerprint density at radius 2 is 2.38 bits per heavy atom. The van der Waals surface area contributed by atoms with Crippen LogP contribution < -0.4 is 5.32 Å². The molecule has 0 spiro atoms. The van der Waals surface area contributed by atoms with Crippen LogP contribution in [-0.4, -0.2) is 12.0 Å². The van der Waals surface area contributed by atoms with E-state index in [0.717, 1.165) is 5.56 Å². The molecule has 0 bridgehead atoms. The Hall–Kier alpha value is -0.960. The molecule has 1 saturated carbocycles. The highest BCUT2D eigenvalue weighted by atomic mass is 19.1. The monoisotopic (exact) mass is 180 g/mol. The lowest BCUT2D eigenvalue weighted by Gasteiger charge is -2.03. The summed E-state index contributed by atoms with van der Waals surface area (Å²) in [6.07, 6.45) is 4.17. The number of aromatic nitrogens is 1. The molecular formula is C10H13FN2. The molecule has 1 N–H and O–H groups in total. The first kappa shape index (κ1) is 8.63. The maximum Gasteiger partial charge on any atom is 0.146 e. The summed E-state index contributed by atoms with van der Waals surface area (Å²) in [5.41, 5.74) is 1.56. The van der Waals surface area contributed by atoms with Gasteiger partial charge in [-0.15, -0.1) is 0 Å². The number of rotatable bonds is 3. The van der Waals surface area contributed by atoms with Crippen molar-refractivity contribution < 1.29 is 4.39 Å². The zero-order valence-electron chi connectivity index (χ0n) is 7.68. The van der Waals surface area contributed by atoms with E-state index in [4.69, 9.17) is 0 Å². The summed E-state index contributed by atoms with van der Waals surface area (Å²) in [4.78, 5) is 4.09. The van der Waals surface area contributed by atoms with E-state index in [0.29, 0.717) is 18.2 Å². The highest BCUT2D eigenvalue weighted by Crippen LogP contribution is 2.39. The van der Waals surface area contributed by atoms with Crippen LogP contribution in [0, 0.1) is 5.82 Å². The van der Waals surface area contributed by atoms with Gasteiger partial charge in [-0.25, -0.2) is 4.39 Å². The van der Waals surface area contributed by atoms with Gasteiger partial charge < -0.3 is 5.32 Å². The van der Waals surface area contributed by atoms with Crippen LogP contribution in [0.15, 0.2) is 12.3 Å². The number of halogens is 1. The molecule has 0 atom stereocenters. The summed E-state index contributed by atoms with van der Waals surface area (Å²) in [6, 6.07) is 1.62. The van der Waals surface area contributed by atoms with Gasteiger partial charge in [0, 0.05) is 12.7 Å². The molecule has 2 rings (SSSR count). The van der Waals surface area contributed by atoms with Gasteiger partial charge in [-0.2, -0.15) is 0 Å². The summed E-state index contributed by atoms with van der Waals surface area (Å²) >= 11 is 0. The number of hydrogen-bond donors (Lipinski definition) is 1. The Labute approximate surface area is 77.2 Å². The van der Waals surface area contributed by atoms with Gasteiger partial charge in [0.05, 0.1) is 5.69 Å². The van der Waals surface area contributed by atoms with Gasteiger partial charge in [0.25, 0.3) is 0 Å². The van der Waals surface area contributed by atoms with Crippen molar-refractivity contribution in [1.82, 2.24) is 10.3 Å². The minimum Gasteiger partial charge on any atom is -0.314 e. The average Bonchev–Trinajstić information content (AvgIpc) is 2.91. The van der Waals surface area contributed by atoms with Gasteiger partial charge >= 0.3 is 0 Å². The summed E-state index contributed by atoms with van der Waals surface area (Å²) in [7, 11) is 1.79. The largest absolute Gasteiger partial charge is 0.314 e. The van der Waals surface area contributed by atoms with E-state index in [-0.39, 0.29) is 5.82 Å². The van der Waals surface area contributed by atoms with E-state index < -0.39 is 0 Å². The molecule has 0 aliphatic heterocycles. The van der Waals surface area contributed by atoms with Crippen molar-refractivity contribution in [1.29, 1.82) is 0 Å². The lowest BCUT2D eigenvalue weighted by molar-refractivity contribution is 0.585. The number of nitrogens with one attached hydrogen (secondary N) is 1. The van der Waals surface area contributed by atoms with Gasteiger partial charge in [0.2, 0.25) is 0 Å². The molecule has 1 aromatic heterocycles. The highest BCUT2D eigenvalue weighted by molar-refractivity contribution is 5.23. The van der Waals surface area contributed by atoms with Crippen LogP contribution in [0.25, 0.3) is 0 Å². The van der Waals surface area contributed by atoms with Crippen molar-refractivity contribution in [3.8, 4) is 0 Å². The van der Waals surface area contributed by atoms with Crippen molar-refractivity contribution in [2.45, 2.75) is 25.3 Å². The molecule has 1 aliphatic rings. The first-order valence-electron chi connectivity index (χ1n) is 4.60. The fourth-order valence-corrected chi connectivity index (χ4v) is 1.42. The van der Waals surface area contributed by atoms with Gasteiger partial charge in [-0.05, 0) is 37.4 Å². The normalized spacial score (nSPS) is 16.2. The molecule has 3 heteroatoms. The first-order valence-corrected chi connectivity index (χ1v) is 4.60. The van der Waals surface area contributed by atoms with Crippen LogP contribution in [0.5, 0.6) is 0 Å². The lowest BCUT2D eigenvalue weighted by atomic mass is 10.2. The quantitative estimate of drug-likeness (QED) is 0.767. The van der Waals surface area contributed by atoms with Crippen LogP contribution in [-0.2, 0) is 6.54 Å². The third kappa shape index (κ3) is 1.86. The lowest BCUT2D eigenvalue weighted by Crippen LogP contribution is -2.09. The standard InChI is InChI=1S/C10H13FN2/c1-12-6-10-9(11)4-8(5-13-10)7-2-3-7/h4-5,7,12H,2-3,6H2,1H3. The smallest absolute Gasteiger partial charge is 0.146 e.